The van der Waals surface area contributed by atoms with Crippen molar-refractivity contribution >= 4 is 11.6 Å². The number of nitrogens with one attached hydrogen (secondary N) is 1. The summed E-state index contributed by atoms with van der Waals surface area (Å²) in [6.45, 7) is 0.164. The molecule has 0 saturated heterocycles. The number of carbonyl (C=O) groups is 1. The van der Waals surface area contributed by atoms with Gasteiger partial charge in [0.1, 0.15) is 5.75 Å². The van der Waals surface area contributed by atoms with Gasteiger partial charge in [-0.2, -0.15) is 4.98 Å². The summed E-state index contributed by atoms with van der Waals surface area (Å²) in [5, 5.41) is 6.91. The van der Waals surface area contributed by atoms with Crippen LogP contribution in [0.1, 0.15) is 10.4 Å². The first-order valence-electron chi connectivity index (χ1n) is 9.49. The van der Waals surface area contributed by atoms with Gasteiger partial charge in [0.25, 0.3) is 11.8 Å². The lowest BCUT2D eigenvalue weighted by Crippen LogP contribution is -2.11. The minimum atomic E-state index is -0.245. The highest BCUT2D eigenvalue weighted by Crippen LogP contribution is 2.33. The molecule has 5 rings (SSSR count). The molecule has 0 unspecified atom stereocenters. The van der Waals surface area contributed by atoms with E-state index in [0.717, 1.165) is 11.1 Å². The van der Waals surface area contributed by atoms with Gasteiger partial charge in [-0.25, -0.2) is 0 Å². The topological polar surface area (TPSA) is 95.7 Å². The molecule has 0 aliphatic carbocycles. The second kappa shape index (κ2) is 7.83. The van der Waals surface area contributed by atoms with E-state index < -0.39 is 0 Å². The van der Waals surface area contributed by atoms with Crippen LogP contribution in [0, 0.1) is 0 Å². The predicted molar refractivity (Wildman–Crippen MR) is 112 cm³/mol. The van der Waals surface area contributed by atoms with Crippen LogP contribution in [0.5, 0.6) is 17.2 Å². The highest BCUT2D eigenvalue weighted by molar-refractivity contribution is 6.04. The molecule has 0 atom stereocenters. The Morgan fingerprint density at radius 1 is 0.968 bits per heavy atom. The van der Waals surface area contributed by atoms with E-state index in [1.807, 2.05) is 36.4 Å². The van der Waals surface area contributed by atoms with Gasteiger partial charge in [-0.3, -0.25) is 4.79 Å². The van der Waals surface area contributed by atoms with Crippen molar-refractivity contribution in [2.24, 2.45) is 0 Å². The van der Waals surface area contributed by atoms with Gasteiger partial charge < -0.3 is 24.1 Å². The van der Waals surface area contributed by atoms with Gasteiger partial charge in [-0.1, -0.05) is 11.2 Å². The summed E-state index contributed by atoms with van der Waals surface area (Å²) in [5.41, 5.74) is 2.65. The molecule has 8 nitrogen and oxygen atoms in total. The molecule has 1 aliphatic rings. The van der Waals surface area contributed by atoms with Crippen LogP contribution >= 0.6 is 0 Å². The molecular formula is C23H17N3O5. The quantitative estimate of drug-likeness (QED) is 0.516. The van der Waals surface area contributed by atoms with Crippen molar-refractivity contribution in [2.75, 3.05) is 19.2 Å². The first kappa shape index (κ1) is 18.7. The third-order valence-corrected chi connectivity index (χ3v) is 4.78. The molecule has 8 heteroatoms. The number of carbonyl (C=O) groups excluding carboxylic acids is 1. The smallest absolute Gasteiger partial charge is 0.258 e. The minimum Gasteiger partial charge on any atom is -0.497 e. The van der Waals surface area contributed by atoms with Gasteiger partial charge in [-0.15, -0.1) is 0 Å². The zero-order chi connectivity index (χ0) is 21.2. The van der Waals surface area contributed by atoms with E-state index in [9.17, 15) is 4.79 Å². The number of nitrogens with zero attached hydrogens (tertiary/aromatic N) is 2. The maximum absolute atomic E-state index is 12.5. The molecule has 1 aliphatic heterocycles. The van der Waals surface area contributed by atoms with Gasteiger partial charge >= 0.3 is 0 Å². The van der Waals surface area contributed by atoms with E-state index in [2.05, 4.69) is 15.5 Å². The molecule has 4 aromatic rings. The molecule has 0 fully saturated rings. The van der Waals surface area contributed by atoms with Crippen molar-refractivity contribution in [2.45, 2.75) is 0 Å². The Morgan fingerprint density at radius 3 is 2.65 bits per heavy atom. The molecule has 2 heterocycles. The van der Waals surface area contributed by atoms with Crippen LogP contribution in [0.2, 0.25) is 0 Å². The van der Waals surface area contributed by atoms with Crippen molar-refractivity contribution < 1.29 is 23.5 Å². The summed E-state index contributed by atoms with van der Waals surface area (Å²) in [4.78, 5) is 17.0. The fourth-order valence-corrected chi connectivity index (χ4v) is 3.16. The Kier molecular flexibility index (Phi) is 4.72. The molecule has 154 valence electrons. The molecule has 1 aromatic heterocycles. The Hall–Kier alpha value is -4.33. The molecule has 0 bridgehead atoms. The SMILES string of the molecule is COc1cccc(-c2nc(-c3ccc(NC(=O)c4ccc5c(c4)OCO5)cc3)no2)c1. The van der Waals surface area contributed by atoms with Crippen molar-refractivity contribution in [3.05, 3.63) is 72.3 Å². The highest BCUT2D eigenvalue weighted by Gasteiger charge is 2.16. The van der Waals surface area contributed by atoms with Crippen LogP contribution in [0.3, 0.4) is 0 Å². The van der Waals surface area contributed by atoms with E-state index in [1.54, 1.807) is 37.4 Å². The molecule has 1 amide bonds. The molecule has 31 heavy (non-hydrogen) atoms. The number of fused-ring (bicyclic) bond motifs is 1. The Bertz CT molecular complexity index is 1250. The average molecular weight is 415 g/mol. The highest BCUT2D eigenvalue weighted by atomic mass is 16.7. The van der Waals surface area contributed by atoms with Crippen LogP contribution in [-0.4, -0.2) is 30.0 Å². The lowest BCUT2D eigenvalue weighted by atomic mass is 10.1. The van der Waals surface area contributed by atoms with E-state index in [0.29, 0.717) is 40.2 Å². The summed E-state index contributed by atoms with van der Waals surface area (Å²) in [7, 11) is 1.60. The zero-order valence-electron chi connectivity index (χ0n) is 16.5. The average Bonchev–Trinajstić information content (AvgIpc) is 3.49. The molecule has 0 spiro atoms. The van der Waals surface area contributed by atoms with Crippen molar-refractivity contribution in [1.82, 2.24) is 10.1 Å². The van der Waals surface area contributed by atoms with Crippen LogP contribution in [-0.2, 0) is 0 Å². The lowest BCUT2D eigenvalue weighted by Gasteiger charge is -2.06. The maximum Gasteiger partial charge on any atom is 0.258 e. The van der Waals surface area contributed by atoms with Gasteiger partial charge in [0.15, 0.2) is 11.5 Å². The number of methoxy groups -OCH3 is 1. The van der Waals surface area contributed by atoms with Crippen LogP contribution < -0.4 is 19.5 Å². The van der Waals surface area contributed by atoms with E-state index in [4.69, 9.17) is 18.7 Å². The van der Waals surface area contributed by atoms with E-state index >= 15 is 0 Å². The normalized spacial score (nSPS) is 11.9. The second-order valence-corrected chi connectivity index (χ2v) is 6.75. The van der Waals surface area contributed by atoms with Gasteiger partial charge in [-0.05, 0) is 60.7 Å². The molecule has 0 radical (unpaired) electrons. The number of hydrogen-bond donors (Lipinski definition) is 1. The fourth-order valence-electron chi connectivity index (χ4n) is 3.16. The summed E-state index contributed by atoms with van der Waals surface area (Å²) >= 11 is 0. The van der Waals surface area contributed by atoms with Gasteiger partial charge in [0.2, 0.25) is 12.6 Å². The molecule has 1 N–H and O–H groups in total. The van der Waals surface area contributed by atoms with E-state index in [1.165, 1.54) is 0 Å². The number of rotatable bonds is 5. The molecule has 3 aromatic carbocycles. The summed E-state index contributed by atoms with van der Waals surface area (Å²) in [6.07, 6.45) is 0. The van der Waals surface area contributed by atoms with Gasteiger partial charge in [0, 0.05) is 22.4 Å². The zero-order valence-corrected chi connectivity index (χ0v) is 16.5. The van der Waals surface area contributed by atoms with Crippen molar-refractivity contribution in [1.29, 1.82) is 0 Å². The standard InChI is InChI=1S/C23H17N3O5/c1-28-18-4-2-3-16(11-18)23-25-21(26-31-23)14-5-8-17(9-6-14)24-22(27)15-7-10-19-20(12-15)30-13-29-19/h2-12H,13H2,1H3,(H,24,27). The van der Waals surface area contributed by atoms with Gasteiger partial charge in [0.05, 0.1) is 7.11 Å². The first-order chi connectivity index (χ1) is 15.2. The largest absolute Gasteiger partial charge is 0.497 e. The summed E-state index contributed by atoms with van der Waals surface area (Å²) in [6, 6.07) is 19.7. The number of amides is 1. The minimum absolute atomic E-state index is 0.164. The number of hydrogen-bond acceptors (Lipinski definition) is 7. The molecule has 0 saturated carbocycles. The van der Waals surface area contributed by atoms with E-state index in [-0.39, 0.29) is 12.7 Å². The number of ether oxygens (including phenoxy) is 3. The van der Waals surface area contributed by atoms with Crippen LogP contribution in [0.25, 0.3) is 22.8 Å². The van der Waals surface area contributed by atoms with Crippen LogP contribution in [0.4, 0.5) is 5.69 Å². The van der Waals surface area contributed by atoms with Crippen molar-refractivity contribution in [3.63, 3.8) is 0 Å². The van der Waals surface area contributed by atoms with Crippen molar-refractivity contribution in [3.8, 4) is 40.1 Å². The van der Waals surface area contributed by atoms with Crippen LogP contribution in [0.15, 0.2) is 71.3 Å². The Morgan fingerprint density at radius 2 is 1.81 bits per heavy atom. The summed E-state index contributed by atoms with van der Waals surface area (Å²) < 4.78 is 21.2. The monoisotopic (exact) mass is 415 g/mol. The first-order valence-corrected chi connectivity index (χ1v) is 9.49. The fraction of sp³-hybridized carbons (Fsp3) is 0.0870. The number of anilines is 1. The Balaban J connectivity index is 1.30. The Labute approximate surface area is 177 Å². The second-order valence-electron chi connectivity index (χ2n) is 6.75. The molecular weight excluding hydrogens is 398 g/mol. The lowest BCUT2D eigenvalue weighted by molar-refractivity contribution is 0.102. The predicted octanol–water partition coefficient (Wildman–Crippen LogP) is 4.39. The third kappa shape index (κ3) is 3.78. The number of benzene rings is 3. The summed E-state index contributed by atoms with van der Waals surface area (Å²) in [5.74, 6) is 2.51. The number of aromatic nitrogens is 2. The third-order valence-electron chi connectivity index (χ3n) is 4.78. The maximum atomic E-state index is 12.5.